The Morgan fingerprint density at radius 3 is 1.03 bits per heavy atom. The van der Waals surface area contributed by atoms with E-state index in [0.717, 1.165) is 4.52 Å². The lowest BCUT2D eigenvalue weighted by atomic mass is 10.0. The number of hydrogen-bond acceptors (Lipinski definition) is 17. The van der Waals surface area contributed by atoms with Crippen LogP contribution in [0.3, 0.4) is 0 Å². The first kappa shape index (κ1) is 72.5. The van der Waals surface area contributed by atoms with Crippen LogP contribution >= 0.6 is 11.6 Å². The van der Waals surface area contributed by atoms with Gasteiger partial charge in [0.05, 0.1) is 52.5 Å². The maximum atomic E-state index is 14.9. The van der Waals surface area contributed by atoms with Crippen molar-refractivity contribution < 1.29 is 64.3 Å². The normalized spacial score (nSPS) is 15.2. The largest absolute Gasteiger partial charge is 0.480 e. The van der Waals surface area contributed by atoms with Crippen LogP contribution in [0.4, 0.5) is 39.0 Å². The molecule has 0 saturated carbocycles. The monoisotopic (exact) mass is 1600 g/mol. The molecule has 0 radical (unpaired) electrons. The van der Waals surface area contributed by atoms with Crippen LogP contribution in [0, 0.1) is 29.1 Å². The number of rotatable bonds is 14. The number of benzodiazepines with no additional fused rings is 3. The zero-order valence-electron chi connectivity index (χ0n) is 64.0. The maximum Gasteiger partial charge on any atom is 0.274 e. The van der Waals surface area contributed by atoms with E-state index in [9.17, 15) is 50.7 Å². The number of imidazole rings is 3. The number of nitrogens with one attached hydrogen (secondary N) is 6. The van der Waals surface area contributed by atoms with Crippen molar-refractivity contribution in [3.8, 4) is 45.5 Å². The predicted octanol–water partition coefficient (Wildman–Crippen LogP) is 13.2. The van der Waals surface area contributed by atoms with Crippen molar-refractivity contribution >= 4 is 98.2 Å². The van der Waals surface area contributed by atoms with Gasteiger partial charge in [-0.3, -0.25) is 28.8 Å². The summed E-state index contributed by atoms with van der Waals surface area (Å²) in [6, 6.07) is 69.1. The number of para-hydroxylation sites is 3. The van der Waals surface area contributed by atoms with Crippen LogP contribution in [0.1, 0.15) is 69.0 Å². The van der Waals surface area contributed by atoms with Gasteiger partial charge in [-0.1, -0.05) is 194 Å². The summed E-state index contributed by atoms with van der Waals surface area (Å²) in [5.74, 6) is -7.98. The fraction of sp³-hybridized carbons (Fsp3) is 0.0581. The Morgan fingerprint density at radius 1 is 0.364 bits per heavy atom. The number of ether oxygens (including phenoxy) is 2. The van der Waals surface area contributed by atoms with Gasteiger partial charge in [-0.15, -0.1) is 10.2 Å². The summed E-state index contributed by atoms with van der Waals surface area (Å²) in [5, 5.41) is 28.1. The van der Waals surface area contributed by atoms with Crippen LogP contribution in [0.2, 0.25) is 5.15 Å². The van der Waals surface area contributed by atoms with Crippen LogP contribution in [0.25, 0.3) is 50.7 Å². The summed E-state index contributed by atoms with van der Waals surface area (Å²) in [5.41, 5.74) is 4.80. The second-order valence-corrected chi connectivity index (χ2v) is 26.4. The SMILES string of the molecule is COc1ccc2nc(-c3ccccc3F)c(C(=O)N[C@H]3N=C(c4ccccc4)c4cccc(F)c4NC3=O)n2n1.O=C(N[C@H]1N=C(c2ccccc2)c2cccc(F)c2NC1=O)c1c(-c2ccccc2F)nc2ccc(Cl)nn12.[2H]C([2H])([2H])Oc1ccc2nc(-c3ccccc3)c(C(=O)N[C@H]3N=C(c4ccccc4)c4cccc(F)c4NC3=O)n2n1. The first-order valence-electron chi connectivity index (χ1n) is 37.3. The minimum absolute atomic E-state index is 0.00371. The molecule has 0 saturated heterocycles. The fourth-order valence-corrected chi connectivity index (χ4v) is 13.4. The zero-order valence-corrected chi connectivity index (χ0v) is 61.7. The third-order valence-corrected chi connectivity index (χ3v) is 18.8. The Morgan fingerprint density at radius 2 is 0.669 bits per heavy atom. The highest BCUT2D eigenvalue weighted by molar-refractivity contribution is 6.29. The Bertz CT molecular complexity index is 6770. The smallest absolute Gasteiger partial charge is 0.274 e. The molecule has 9 heterocycles. The van der Waals surface area contributed by atoms with Gasteiger partial charge in [-0.2, -0.15) is 5.10 Å². The number of anilines is 3. The summed E-state index contributed by atoms with van der Waals surface area (Å²) in [6.07, 6.45) is -4.42. The van der Waals surface area contributed by atoms with Gasteiger partial charge in [0.2, 0.25) is 30.3 Å². The molecule has 15 aromatic rings. The molecule has 6 aromatic heterocycles. The standard InChI is InChI=1S/C29H20F2N6O3.C29H21FN6O3.C28H17ClF2N6O2/c1-40-22-15-14-21-32-25(17-10-5-6-12-19(17)30)26(37(21)36-22)28(38)35-27-29(39)34-24-18(11-7-13-20(24)31)23(33-27)16-8-3-2-4-9-16;1-39-22-16-15-21-31-24(18-11-6-3-7-12-18)26(36(21)35-22)28(37)34-27-29(38)33-25-19(13-8-14-20(25)30)23(32-27)17-9-4-2-5-10-17;29-20-13-14-21-32-24(16-9-4-5-11-18(16)30)25(37(21)36-20)27(38)35-26-28(39)34-23-17(10-6-12-19(23)31)22(33-26)15-7-2-1-3-8-15/h2-15,27H,1H3,(H,34,39)(H,35,38);2-16,27H,1H3,(H,33,38)(H,34,37);1-14,26H,(H,34,39)(H,35,38)/t2*27-;26-/m111/s1/i;1D3;. The molecular weight excluding hydrogens is 1540 g/mol. The van der Waals surface area contributed by atoms with E-state index in [1.165, 1.54) is 113 Å². The highest BCUT2D eigenvalue weighted by atomic mass is 35.5. The molecule has 32 heteroatoms. The van der Waals surface area contributed by atoms with Gasteiger partial charge < -0.3 is 41.4 Å². The molecule has 26 nitrogen and oxygen atoms in total. The molecule has 18 rings (SSSR count). The fourth-order valence-electron chi connectivity index (χ4n) is 13.2. The van der Waals surface area contributed by atoms with Gasteiger partial charge in [0.15, 0.2) is 34.0 Å². The Balaban J connectivity index is 0.000000135. The Labute approximate surface area is 673 Å². The number of fused-ring (bicyclic) bond motifs is 6. The van der Waals surface area contributed by atoms with Crippen LogP contribution in [-0.2, 0) is 14.4 Å². The average Bonchev–Trinajstić information content (AvgIpc) is 1.63. The third kappa shape index (κ3) is 15.1. The van der Waals surface area contributed by atoms with Gasteiger partial charge in [-0.05, 0) is 66.7 Å². The van der Waals surface area contributed by atoms with Gasteiger partial charge in [0.1, 0.15) is 51.3 Å². The predicted molar refractivity (Wildman–Crippen MR) is 428 cm³/mol. The van der Waals surface area contributed by atoms with Crippen molar-refractivity contribution in [2.75, 3.05) is 30.1 Å². The van der Waals surface area contributed by atoms with E-state index in [0.29, 0.717) is 56.1 Å². The number of aliphatic imine (C=N–C) groups is 3. The van der Waals surface area contributed by atoms with E-state index < -0.39 is 90.1 Å². The lowest BCUT2D eigenvalue weighted by Crippen LogP contribution is -2.43. The Hall–Kier alpha value is -15.8. The number of nitrogens with zero attached hydrogens (tertiary/aromatic N) is 12. The molecule has 3 aliphatic heterocycles. The summed E-state index contributed by atoms with van der Waals surface area (Å²) in [7, 11) is -1.37. The van der Waals surface area contributed by atoms with Crippen LogP contribution < -0.4 is 41.4 Å². The lowest BCUT2D eigenvalue weighted by Gasteiger charge is -2.14. The molecule has 9 aromatic carbocycles. The topological polar surface area (TPSA) is 321 Å². The van der Waals surface area contributed by atoms with Crippen molar-refractivity contribution in [3.05, 3.63) is 346 Å². The summed E-state index contributed by atoms with van der Waals surface area (Å²) >= 11 is 6.08. The first-order chi connectivity index (χ1) is 58.5. The molecular formula is C86H58ClF5N18O8. The molecule has 6 N–H and O–H groups in total. The van der Waals surface area contributed by atoms with Crippen LogP contribution in [0.5, 0.6) is 11.8 Å². The number of methoxy groups -OCH3 is 2. The van der Waals surface area contributed by atoms with Crippen molar-refractivity contribution in [2.45, 2.75) is 18.5 Å². The molecule has 0 bridgehead atoms. The first-order valence-corrected chi connectivity index (χ1v) is 36.2. The quantitative estimate of drug-likeness (QED) is 0.0552. The average molecular weight is 1600 g/mol. The second-order valence-electron chi connectivity index (χ2n) is 26.0. The van der Waals surface area contributed by atoms with E-state index >= 15 is 0 Å². The van der Waals surface area contributed by atoms with Gasteiger partial charge in [-0.25, -0.2) is 65.4 Å². The van der Waals surface area contributed by atoms with Gasteiger partial charge in [0, 0.05) is 62.2 Å². The number of amides is 6. The number of carbonyl (C=O) groups excluding carboxylic acids is 6. The third-order valence-electron chi connectivity index (χ3n) is 18.6. The number of carbonyl (C=O) groups is 6. The summed E-state index contributed by atoms with van der Waals surface area (Å²) in [6.45, 7) is 0. The second kappa shape index (κ2) is 32.7. The van der Waals surface area contributed by atoms with E-state index in [1.807, 2.05) is 18.2 Å². The van der Waals surface area contributed by atoms with E-state index in [4.69, 9.17) is 25.2 Å². The molecule has 0 spiro atoms. The minimum atomic E-state index is -2.78. The Kier molecular flexibility index (Phi) is 20.1. The number of hydrogen-bond donors (Lipinski definition) is 6. The highest BCUT2D eigenvalue weighted by Crippen LogP contribution is 2.35. The van der Waals surface area contributed by atoms with E-state index in [1.54, 1.807) is 146 Å². The van der Waals surface area contributed by atoms with E-state index in [-0.39, 0.29) is 96.2 Å². The lowest BCUT2D eigenvalue weighted by molar-refractivity contribution is -0.118. The number of benzene rings is 9. The van der Waals surface area contributed by atoms with Crippen molar-refractivity contribution in [2.24, 2.45) is 15.0 Å². The highest BCUT2D eigenvalue weighted by Gasteiger charge is 2.37. The van der Waals surface area contributed by atoms with Crippen molar-refractivity contribution in [1.29, 1.82) is 0 Å². The molecule has 6 amide bonds. The maximum absolute atomic E-state index is 14.9. The molecule has 0 fully saturated rings. The van der Waals surface area contributed by atoms with Gasteiger partial charge in [0.25, 0.3) is 35.4 Å². The molecule has 0 unspecified atom stereocenters. The molecule has 118 heavy (non-hydrogen) atoms. The van der Waals surface area contributed by atoms with Crippen molar-refractivity contribution in [3.63, 3.8) is 0 Å². The molecule has 582 valence electrons. The van der Waals surface area contributed by atoms with E-state index in [2.05, 4.69) is 77.1 Å². The number of aromatic nitrogens is 9. The molecule has 0 aliphatic carbocycles. The molecule has 3 atom stereocenters. The zero-order chi connectivity index (χ0) is 84.3. The van der Waals surface area contributed by atoms with Gasteiger partial charge >= 0.3 is 0 Å². The number of halogens is 6. The summed E-state index contributed by atoms with van der Waals surface area (Å²) in [4.78, 5) is 108. The van der Waals surface area contributed by atoms with Crippen LogP contribution in [0.15, 0.2) is 276 Å². The summed E-state index contributed by atoms with van der Waals surface area (Å²) < 4.78 is 110. The minimum Gasteiger partial charge on any atom is -0.480 e. The van der Waals surface area contributed by atoms with Crippen LogP contribution in [-0.4, -0.2) is 129 Å². The van der Waals surface area contributed by atoms with Crippen molar-refractivity contribution in [1.82, 2.24) is 59.7 Å². The molecule has 3 aliphatic rings.